The highest BCUT2D eigenvalue weighted by molar-refractivity contribution is 5.68. The summed E-state index contributed by atoms with van der Waals surface area (Å²) in [5.74, 6) is 0.759. The van der Waals surface area contributed by atoms with Crippen molar-refractivity contribution in [3.05, 3.63) is 65.9 Å². The zero-order valence-electron chi connectivity index (χ0n) is 16.8. The molecule has 0 aliphatic heterocycles. The molecule has 3 N–H and O–H groups in total. The van der Waals surface area contributed by atoms with Crippen LogP contribution in [-0.4, -0.2) is 44.3 Å². The van der Waals surface area contributed by atoms with Crippen LogP contribution in [0.1, 0.15) is 15.4 Å². The van der Waals surface area contributed by atoms with E-state index < -0.39 is 0 Å². The lowest BCUT2D eigenvalue weighted by Gasteiger charge is -2.10. The van der Waals surface area contributed by atoms with Gasteiger partial charge in [-0.2, -0.15) is 0 Å². The molecule has 0 saturated carbocycles. The molecule has 30 heavy (non-hydrogen) atoms. The van der Waals surface area contributed by atoms with Gasteiger partial charge in [0.05, 0.1) is 18.5 Å². The molecule has 2 aromatic carbocycles. The van der Waals surface area contributed by atoms with Crippen LogP contribution in [0.15, 0.2) is 59.1 Å². The van der Waals surface area contributed by atoms with Crippen molar-refractivity contribution in [1.82, 2.24) is 25.1 Å². The van der Waals surface area contributed by atoms with E-state index in [4.69, 9.17) is 10.2 Å². The molecule has 0 aliphatic carbocycles. The van der Waals surface area contributed by atoms with Crippen molar-refractivity contribution in [3.8, 4) is 34.3 Å². The first kappa shape index (κ1) is 19.7. The van der Waals surface area contributed by atoms with E-state index in [1.165, 1.54) is 5.56 Å². The summed E-state index contributed by atoms with van der Waals surface area (Å²) in [4.78, 5) is 11.0. The number of benzene rings is 2. The second-order valence-electron chi connectivity index (χ2n) is 7.19. The summed E-state index contributed by atoms with van der Waals surface area (Å²) in [5, 5.41) is 17.4. The monoisotopic (exact) mass is 408 g/mol. The van der Waals surface area contributed by atoms with Gasteiger partial charge in [0, 0.05) is 22.0 Å². The summed E-state index contributed by atoms with van der Waals surface area (Å²) in [6.07, 6.45) is 1.63. The molecule has 0 fully saturated rings. The number of nitrogens with two attached hydrogens (primary N) is 1. The fourth-order valence-corrected chi connectivity index (χ4v) is 3.03. The van der Waals surface area contributed by atoms with Gasteiger partial charge < -0.3 is 20.2 Å². The van der Waals surface area contributed by atoms with Gasteiger partial charge in [-0.3, -0.25) is 0 Å². The van der Waals surface area contributed by atoms with Crippen molar-refractivity contribution in [2.24, 2.45) is 0 Å². The highest BCUT2D eigenvalue weighted by Crippen LogP contribution is 2.28. The molecule has 0 radical (unpaired) electrons. The van der Waals surface area contributed by atoms with Crippen LogP contribution in [0.2, 0.25) is 0 Å². The number of anilines is 1. The van der Waals surface area contributed by atoms with Crippen molar-refractivity contribution in [2.45, 2.75) is 13.2 Å². The largest absolute Gasteiger partial charge is 0.414 e. The fraction of sp³-hybridized carbons (Fsp3) is 0.182. The molecule has 8 heteroatoms. The van der Waals surface area contributed by atoms with Crippen LogP contribution in [0.4, 0.5) is 5.82 Å². The molecule has 0 aliphatic rings. The maximum atomic E-state index is 9.17. The van der Waals surface area contributed by atoms with E-state index in [1.807, 2.05) is 38.4 Å². The number of nitrogen functional groups attached to an aromatic ring is 1. The first-order valence-electron chi connectivity index (χ1n) is 9.44. The zero-order valence-corrected chi connectivity index (χ0v) is 16.8. The van der Waals surface area contributed by atoms with Gasteiger partial charge in [-0.05, 0) is 37.4 Å². The number of nitrogens with zero attached hydrogens (tertiary/aromatic N) is 5. The molecule has 2 aromatic heterocycles. The Morgan fingerprint density at radius 2 is 1.57 bits per heavy atom. The van der Waals surface area contributed by atoms with Gasteiger partial charge in [0.1, 0.15) is 0 Å². The highest BCUT2D eigenvalue weighted by Gasteiger charge is 2.17. The Morgan fingerprint density at radius 1 is 0.933 bits per heavy atom. The predicted octanol–water partition coefficient (Wildman–Crippen LogP) is 3.73. The fourth-order valence-electron chi connectivity index (χ4n) is 3.03. The lowest BCUT2D eigenvalue weighted by Crippen LogP contribution is -2.10. The summed E-state index contributed by atoms with van der Waals surface area (Å²) in [7, 11) is 4.07. The lowest BCUT2D eigenvalue weighted by atomic mass is 10.1. The number of hydrogen-bond acceptors (Lipinski definition) is 8. The van der Waals surface area contributed by atoms with Gasteiger partial charge >= 0.3 is 0 Å². The second kappa shape index (κ2) is 8.40. The molecule has 4 aromatic rings. The summed E-state index contributed by atoms with van der Waals surface area (Å²) < 4.78 is 5.79. The van der Waals surface area contributed by atoms with Crippen LogP contribution in [0, 0.1) is 0 Å². The minimum atomic E-state index is -0.0234. The summed E-state index contributed by atoms with van der Waals surface area (Å²) in [6.45, 7) is 0.841. The quantitative estimate of drug-likeness (QED) is 0.496. The van der Waals surface area contributed by atoms with E-state index in [1.54, 1.807) is 18.3 Å². The Balaban J connectivity index is 0.00000181. The third kappa shape index (κ3) is 4.19. The van der Waals surface area contributed by atoms with E-state index in [2.05, 4.69) is 37.2 Å². The van der Waals surface area contributed by atoms with Crippen LogP contribution in [0.25, 0.3) is 34.3 Å². The molecule has 0 spiro atoms. The lowest BCUT2D eigenvalue weighted by molar-refractivity contribution is 0.282. The number of rotatable bonds is 6. The third-order valence-corrected chi connectivity index (χ3v) is 4.56. The highest BCUT2D eigenvalue weighted by atomic mass is 16.4. The third-order valence-electron chi connectivity index (χ3n) is 4.56. The Morgan fingerprint density at radius 3 is 2.23 bits per heavy atom. The van der Waals surface area contributed by atoms with E-state index in [-0.39, 0.29) is 22.6 Å². The van der Waals surface area contributed by atoms with Crippen molar-refractivity contribution < 1.29 is 13.8 Å². The van der Waals surface area contributed by atoms with Gasteiger partial charge in [-0.1, -0.05) is 36.4 Å². The number of hydrogen-bond donors (Lipinski definition) is 2. The number of aliphatic hydroxyl groups is 1. The van der Waals surface area contributed by atoms with Crippen LogP contribution in [0.3, 0.4) is 0 Å². The van der Waals surface area contributed by atoms with Gasteiger partial charge in [-0.25, -0.2) is 9.97 Å². The molecule has 4 rings (SSSR count). The Kier molecular flexibility index (Phi) is 5.51. The zero-order chi connectivity index (χ0) is 21.1. The topological polar surface area (TPSA) is 114 Å². The van der Waals surface area contributed by atoms with Gasteiger partial charge in [0.25, 0.3) is 5.89 Å². The van der Waals surface area contributed by atoms with E-state index in [0.29, 0.717) is 17.3 Å². The number of aliphatic hydroxyl groups excluding tert-OH is 1. The SMILES string of the molecule is CN(C)Cc1ccc(-c2cnc(N)c(-c3nnc(-c4ccc(CO)cc4)o3)n2)cc1.[HH].[HH].[HH]. The van der Waals surface area contributed by atoms with Gasteiger partial charge in [0.15, 0.2) is 11.5 Å². The summed E-state index contributed by atoms with van der Waals surface area (Å²) in [5.41, 5.74) is 10.7. The van der Waals surface area contributed by atoms with Crippen molar-refractivity contribution in [3.63, 3.8) is 0 Å². The Labute approximate surface area is 178 Å². The summed E-state index contributed by atoms with van der Waals surface area (Å²) >= 11 is 0. The maximum Gasteiger partial charge on any atom is 0.270 e. The van der Waals surface area contributed by atoms with E-state index >= 15 is 0 Å². The first-order valence-corrected chi connectivity index (χ1v) is 9.44. The molecule has 2 heterocycles. The van der Waals surface area contributed by atoms with Crippen molar-refractivity contribution in [1.29, 1.82) is 0 Å². The van der Waals surface area contributed by atoms with Crippen LogP contribution in [-0.2, 0) is 13.2 Å². The molecule has 8 nitrogen and oxygen atoms in total. The van der Waals surface area contributed by atoms with Crippen LogP contribution >= 0.6 is 0 Å². The first-order chi connectivity index (χ1) is 14.5. The summed E-state index contributed by atoms with van der Waals surface area (Å²) in [6, 6.07) is 15.4. The van der Waals surface area contributed by atoms with E-state index in [9.17, 15) is 5.11 Å². The molecule has 0 saturated heterocycles. The predicted molar refractivity (Wildman–Crippen MR) is 120 cm³/mol. The Hall–Kier alpha value is -3.62. The second-order valence-corrected chi connectivity index (χ2v) is 7.19. The van der Waals surface area contributed by atoms with Crippen LogP contribution < -0.4 is 5.73 Å². The molecule has 0 amide bonds. The number of aromatic nitrogens is 4. The van der Waals surface area contributed by atoms with Crippen molar-refractivity contribution in [2.75, 3.05) is 19.8 Å². The van der Waals surface area contributed by atoms with Crippen LogP contribution in [0.5, 0.6) is 0 Å². The molecule has 0 bridgehead atoms. The molecule has 0 unspecified atom stereocenters. The maximum absolute atomic E-state index is 9.17. The molecule has 158 valence electrons. The van der Waals surface area contributed by atoms with E-state index in [0.717, 1.165) is 23.2 Å². The normalized spacial score (nSPS) is 11.2. The molecular formula is C22H28N6O2. The molecule has 0 atom stereocenters. The average Bonchev–Trinajstić information content (AvgIpc) is 3.24. The average molecular weight is 409 g/mol. The molecular weight excluding hydrogens is 380 g/mol. The minimum Gasteiger partial charge on any atom is -0.414 e. The standard InChI is InChI=1S/C22H22N6O2.3H2/c1-28(2)12-14-3-7-16(8-4-14)18-11-24-20(23)19(25-18)22-27-26-21(30-22)17-9-5-15(13-29)6-10-17;;;/h3-11,29H,12-13H2,1-2H3,(H2,23,24);3*1H. The minimum absolute atomic E-state index is 0. The smallest absolute Gasteiger partial charge is 0.270 e. The van der Waals surface area contributed by atoms with Gasteiger partial charge in [-0.15, -0.1) is 10.2 Å². The van der Waals surface area contributed by atoms with Gasteiger partial charge in [0.2, 0.25) is 5.89 Å². The Bertz CT molecular complexity index is 1150. The van der Waals surface area contributed by atoms with Crippen molar-refractivity contribution >= 4 is 5.82 Å².